The van der Waals surface area contributed by atoms with E-state index < -0.39 is 0 Å². The third-order valence-corrected chi connectivity index (χ3v) is 4.33. The first-order valence-electron chi connectivity index (χ1n) is 8.15. The quantitative estimate of drug-likeness (QED) is 0.866. The number of rotatable bonds is 5. The van der Waals surface area contributed by atoms with Gasteiger partial charge in [-0.05, 0) is 37.5 Å². The standard InChI is InChI=1S/C17H23N3O3/c1-12-14(18-11-16(21)20-7-9-23-10-8-20)3-2-4-15(12)19-17(22)13-5-6-13/h2-4,13,18H,5-11H2,1H3,(H,19,22). The molecule has 0 bridgehead atoms. The zero-order valence-corrected chi connectivity index (χ0v) is 13.4. The van der Waals surface area contributed by atoms with Gasteiger partial charge in [0, 0.05) is 30.4 Å². The summed E-state index contributed by atoms with van der Waals surface area (Å²) in [6.45, 7) is 4.71. The van der Waals surface area contributed by atoms with Gasteiger partial charge in [0.25, 0.3) is 0 Å². The Morgan fingerprint density at radius 2 is 1.91 bits per heavy atom. The molecule has 1 saturated carbocycles. The Hall–Kier alpha value is -2.08. The van der Waals surface area contributed by atoms with E-state index in [-0.39, 0.29) is 24.3 Å². The lowest BCUT2D eigenvalue weighted by molar-refractivity contribution is -0.133. The number of hydrogen-bond donors (Lipinski definition) is 2. The molecule has 3 rings (SSSR count). The molecule has 1 aliphatic carbocycles. The first-order valence-corrected chi connectivity index (χ1v) is 8.15. The van der Waals surface area contributed by atoms with Gasteiger partial charge in [0.15, 0.2) is 0 Å². The SMILES string of the molecule is Cc1c(NCC(=O)N2CCOCC2)cccc1NC(=O)C1CC1. The Morgan fingerprint density at radius 1 is 1.22 bits per heavy atom. The second-order valence-electron chi connectivity index (χ2n) is 6.09. The largest absolute Gasteiger partial charge is 0.378 e. The van der Waals surface area contributed by atoms with E-state index in [0.717, 1.165) is 29.8 Å². The summed E-state index contributed by atoms with van der Waals surface area (Å²) in [7, 11) is 0. The molecule has 23 heavy (non-hydrogen) atoms. The number of nitrogens with one attached hydrogen (secondary N) is 2. The minimum absolute atomic E-state index is 0.0696. The second kappa shape index (κ2) is 7.00. The van der Waals surface area contributed by atoms with Gasteiger partial charge in [-0.15, -0.1) is 0 Å². The maximum Gasteiger partial charge on any atom is 0.242 e. The van der Waals surface area contributed by atoms with Crippen molar-refractivity contribution in [1.82, 2.24) is 4.90 Å². The molecule has 2 N–H and O–H groups in total. The fourth-order valence-electron chi connectivity index (χ4n) is 2.64. The van der Waals surface area contributed by atoms with Crippen LogP contribution in [0.15, 0.2) is 18.2 Å². The number of anilines is 2. The van der Waals surface area contributed by atoms with Crippen LogP contribution in [0.5, 0.6) is 0 Å². The number of carbonyl (C=O) groups is 2. The Labute approximate surface area is 136 Å². The third kappa shape index (κ3) is 4.01. The lowest BCUT2D eigenvalue weighted by atomic mass is 10.1. The summed E-state index contributed by atoms with van der Waals surface area (Å²) in [4.78, 5) is 25.9. The minimum atomic E-state index is 0.0696. The molecule has 6 heteroatoms. The highest BCUT2D eigenvalue weighted by Crippen LogP contribution is 2.31. The van der Waals surface area contributed by atoms with Crippen molar-refractivity contribution in [3.8, 4) is 0 Å². The van der Waals surface area contributed by atoms with Gasteiger partial charge in [-0.1, -0.05) is 6.07 Å². The van der Waals surface area contributed by atoms with E-state index in [1.807, 2.05) is 30.0 Å². The number of benzene rings is 1. The van der Waals surface area contributed by atoms with Gasteiger partial charge in [0.2, 0.25) is 11.8 Å². The Bertz CT molecular complexity index is 593. The maximum atomic E-state index is 12.2. The molecule has 1 saturated heterocycles. The molecule has 0 aromatic heterocycles. The molecule has 1 aliphatic heterocycles. The maximum absolute atomic E-state index is 12.2. The highest BCUT2D eigenvalue weighted by Gasteiger charge is 2.29. The van der Waals surface area contributed by atoms with Crippen LogP contribution in [-0.4, -0.2) is 49.6 Å². The van der Waals surface area contributed by atoms with Crippen LogP contribution in [0.3, 0.4) is 0 Å². The van der Waals surface area contributed by atoms with Crippen molar-refractivity contribution < 1.29 is 14.3 Å². The zero-order valence-electron chi connectivity index (χ0n) is 13.4. The van der Waals surface area contributed by atoms with Crippen molar-refractivity contribution in [3.63, 3.8) is 0 Å². The lowest BCUT2D eigenvalue weighted by Gasteiger charge is -2.27. The number of ether oxygens (including phenoxy) is 1. The molecule has 2 fully saturated rings. The summed E-state index contributed by atoms with van der Waals surface area (Å²) in [6.07, 6.45) is 1.97. The molecule has 6 nitrogen and oxygen atoms in total. The van der Waals surface area contributed by atoms with Gasteiger partial charge < -0.3 is 20.3 Å². The van der Waals surface area contributed by atoms with E-state index in [1.54, 1.807) is 0 Å². The minimum Gasteiger partial charge on any atom is -0.378 e. The van der Waals surface area contributed by atoms with Gasteiger partial charge in [-0.3, -0.25) is 9.59 Å². The lowest BCUT2D eigenvalue weighted by Crippen LogP contribution is -2.43. The van der Waals surface area contributed by atoms with Crippen LogP contribution < -0.4 is 10.6 Å². The van der Waals surface area contributed by atoms with Crippen LogP contribution in [0.1, 0.15) is 18.4 Å². The van der Waals surface area contributed by atoms with Crippen LogP contribution in [0.4, 0.5) is 11.4 Å². The smallest absolute Gasteiger partial charge is 0.242 e. The molecule has 1 aromatic carbocycles. The summed E-state index contributed by atoms with van der Waals surface area (Å²) < 4.78 is 5.25. The van der Waals surface area contributed by atoms with Gasteiger partial charge in [-0.25, -0.2) is 0 Å². The Balaban J connectivity index is 1.58. The first-order chi connectivity index (χ1) is 11.1. The van der Waals surface area contributed by atoms with Gasteiger partial charge >= 0.3 is 0 Å². The number of morpholine rings is 1. The third-order valence-electron chi connectivity index (χ3n) is 4.33. The monoisotopic (exact) mass is 317 g/mol. The van der Waals surface area contributed by atoms with E-state index in [1.165, 1.54) is 0 Å². The van der Waals surface area contributed by atoms with E-state index in [4.69, 9.17) is 4.74 Å². The highest BCUT2D eigenvalue weighted by atomic mass is 16.5. The molecule has 2 aliphatic rings. The topological polar surface area (TPSA) is 70.7 Å². The average molecular weight is 317 g/mol. The number of hydrogen-bond acceptors (Lipinski definition) is 4. The molecule has 0 radical (unpaired) electrons. The predicted molar refractivity (Wildman–Crippen MR) is 88.4 cm³/mol. The van der Waals surface area contributed by atoms with Crippen molar-refractivity contribution in [3.05, 3.63) is 23.8 Å². The van der Waals surface area contributed by atoms with Crippen molar-refractivity contribution >= 4 is 23.2 Å². The van der Waals surface area contributed by atoms with Crippen molar-refractivity contribution in [2.45, 2.75) is 19.8 Å². The van der Waals surface area contributed by atoms with E-state index >= 15 is 0 Å². The molecular weight excluding hydrogens is 294 g/mol. The molecule has 1 heterocycles. The number of carbonyl (C=O) groups excluding carboxylic acids is 2. The predicted octanol–water partition coefficient (Wildman–Crippen LogP) is 1.61. The molecule has 2 amide bonds. The molecule has 0 spiro atoms. The molecule has 0 atom stereocenters. The summed E-state index contributed by atoms with van der Waals surface area (Å²) in [5.74, 6) is 0.337. The molecular formula is C17H23N3O3. The van der Waals surface area contributed by atoms with Crippen LogP contribution >= 0.6 is 0 Å². The fourth-order valence-corrected chi connectivity index (χ4v) is 2.64. The Morgan fingerprint density at radius 3 is 2.61 bits per heavy atom. The van der Waals surface area contributed by atoms with E-state index in [9.17, 15) is 9.59 Å². The average Bonchev–Trinajstić information content (AvgIpc) is 3.41. The highest BCUT2D eigenvalue weighted by molar-refractivity contribution is 5.95. The second-order valence-corrected chi connectivity index (χ2v) is 6.09. The molecule has 124 valence electrons. The van der Waals surface area contributed by atoms with Crippen molar-refractivity contribution in [2.24, 2.45) is 5.92 Å². The molecule has 0 unspecified atom stereocenters. The number of nitrogens with zero attached hydrogens (tertiary/aromatic N) is 1. The van der Waals surface area contributed by atoms with Crippen LogP contribution in [-0.2, 0) is 14.3 Å². The summed E-state index contributed by atoms with van der Waals surface area (Å²) in [5, 5.41) is 6.16. The van der Waals surface area contributed by atoms with E-state index in [2.05, 4.69) is 10.6 Å². The summed E-state index contributed by atoms with van der Waals surface area (Å²) >= 11 is 0. The van der Waals surface area contributed by atoms with Gasteiger partial charge in [-0.2, -0.15) is 0 Å². The molecule has 1 aromatic rings. The summed E-state index contributed by atoms with van der Waals surface area (Å²) in [5.41, 5.74) is 2.64. The van der Waals surface area contributed by atoms with Crippen LogP contribution in [0.2, 0.25) is 0 Å². The number of amides is 2. The van der Waals surface area contributed by atoms with Gasteiger partial charge in [0.1, 0.15) is 0 Å². The normalized spacial score (nSPS) is 17.7. The van der Waals surface area contributed by atoms with Gasteiger partial charge in [0.05, 0.1) is 19.8 Å². The zero-order chi connectivity index (χ0) is 16.2. The van der Waals surface area contributed by atoms with Crippen LogP contribution in [0.25, 0.3) is 0 Å². The summed E-state index contributed by atoms with van der Waals surface area (Å²) in [6, 6.07) is 5.70. The van der Waals surface area contributed by atoms with Crippen molar-refractivity contribution in [1.29, 1.82) is 0 Å². The van der Waals surface area contributed by atoms with Crippen molar-refractivity contribution in [2.75, 3.05) is 43.5 Å². The van der Waals surface area contributed by atoms with Crippen LogP contribution in [0, 0.1) is 12.8 Å². The Kier molecular flexibility index (Phi) is 4.81. The first kappa shape index (κ1) is 15.8. The van der Waals surface area contributed by atoms with E-state index in [0.29, 0.717) is 26.3 Å². The fraction of sp³-hybridized carbons (Fsp3) is 0.529.